The molecule has 4 heteroatoms. The Bertz CT molecular complexity index is 796. The van der Waals surface area contributed by atoms with Crippen LogP contribution in [0.25, 0.3) is 0 Å². The number of hydrogen-bond acceptors (Lipinski definition) is 4. The number of ether oxygens (including phenoxy) is 2. The zero-order chi connectivity index (χ0) is 19.8. The van der Waals surface area contributed by atoms with Crippen LogP contribution in [0.5, 0.6) is 5.75 Å². The molecule has 0 radical (unpaired) electrons. The third kappa shape index (κ3) is 5.46. The molecule has 0 bridgehead atoms. The van der Waals surface area contributed by atoms with E-state index < -0.39 is 0 Å². The van der Waals surface area contributed by atoms with Gasteiger partial charge in [0, 0.05) is 25.2 Å². The van der Waals surface area contributed by atoms with Gasteiger partial charge in [-0.15, -0.1) is 0 Å². The molecular weight excluding hydrogens is 350 g/mol. The Hall–Kier alpha value is -2.59. The average molecular weight is 380 g/mol. The number of benzene rings is 2. The molecule has 0 saturated heterocycles. The zero-order valence-corrected chi connectivity index (χ0v) is 16.8. The molecular formula is C24H29NO3. The van der Waals surface area contributed by atoms with E-state index in [0.29, 0.717) is 6.61 Å². The fourth-order valence-corrected chi connectivity index (χ4v) is 3.65. The van der Waals surface area contributed by atoms with Crippen molar-refractivity contribution in [3.8, 4) is 5.75 Å². The summed E-state index contributed by atoms with van der Waals surface area (Å²) in [5.41, 5.74) is 4.63. The van der Waals surface area contributed by atoms with Crippen molar-refractivity contribution < 1.29 is 14.3 Å². The molecule has 1 aliphatic rings. The summed E-state index contributed by atoms with van der Waals surface area (Å²) in [6, 6.07) is 18.6. The molecule has 2 aromatic rings. The van der Waals surface area contributed by atoms with Crippen LogP contribution in [-0.4, -0.2) is 37.7 Å². The number of carbonyl (C=O) groups excluding carboxylic acids is 1. The molecule has 0 atom stereocenters. The Morgan fingerprint density at radius 1 is 1.00 bits per heavy atom. The Balaban J connectivity index is 1.71. The largest absolute Gasteiger partial charge is 0.497 e. The first-order valence-corrected chi connectivity index (χ1v) is 9.96. The molecule has 1 aliphatic heterocycles. The Labute approximate surface area is 167 Å². The normalized spacial score (nSPS) is 14.8. The van der Waals surface area contributed by atoms with Crippen LogP contribution in [0.4, 0.5) is 0 Å². The summed E-state index contributed by atoms with van der Waals surface area (Å²) in [6.07, 6.45) is 2.52. The first-order chi connectivity index (χ1) is 13.7. The van der Waals surface area contributed by atoms with E-state index in [1.807, 2.05) is 25.1 Å². The molecule has 0 unspecified atom stereocenters. The van der Waals surface area contributed by atoms with Gasteiger partial charge in [0.2, 0.25) is 0 Å². The number of nitrogens with zero attached hydrogens (tertiary/aromatic N) is 1. The maximum absolute atomic E-state index is 12.5. The number of rotatable bonds is 8. The number of carbonyl (C=O) groups is 1. The summed E-state index contributed by atoms with van der Waals surface area (Å²) in [7, 11) is 1.68. The smallest absolute Gasteiger partial charge is 0.334 e. The summed E-state index contributed by atoms with van der Waals surface area (Å²) in [5.74, 6) is 0.716. The van der Waals surface area contributed by atoms with E-state index in [-0.39, 0.29) is 5.97 Å². The molecule has 4 nitrogen and oxygen atoms in total. The molecule has 0 saturated carbocycles. The van der Waals surface area contributed by atoms with Gasteiger partial charge in [-0.1, -0.05) is 42.5 Å². The van der Waals surface area contributed by atoms with E-state index >= 15 is 0 Å². The lowest BCUT2D eigenvalue weighted by atomic mass is 9.94. The second kappa shape index (κ2) is 10.1. The van der Waals surface area contributed by atoms with E-state index in [2.05, 4.69) is 41.3 Å². The van der Waals surface area contributed by atoms with Crippen LogP contribution in [0.3, 0.4) is 0 Å². The molecule has 0 aliphatic carbocycles. The van der Waals surface area contributed by atoms with Gasteiger partial charge >= 0.3 is 5.97 Å². The molecule has 0 amide bonds. The molecule has 2 aromatic carbocycles. The standard InChI is InChI=1S/C24H29NO3/c1-3-28-24(26)23-15-16-25(17-20-7-5-4-6-8-20)18-21(23)12-9-19-10-13-22(27-2)14-11-19/h4-8,10-11,13-14H,3,9,12,15-18H2,1-2H3. The molecule has 148 valence electrons. The average Bonchev–Trinajstić information content (AvgIpc) is 2.73. The minimum absolute atomic E-state index is 0.147. The second-order valence-electron chi connectivity index (χ2n) is 7.10. The topological polar surface area (TPSA) is 38.8 Å². The number of aryl methyl sites for hydroxylation is 1. The fourth-order valence-electron chi connectivity index (χ4n) is 3.65. The summed E-state index contributed by atoms with van der Waals surface area (Å²) < 4.78 is 10.5. The van der Waals surface area contributed by atoms with Crippen LogP contribution in [0, 0.1) is 0 Å². The van der Waals surface area contributed by atoms with Crippen molar-refractivity contribution >= 4 is 5.97 Å². The molecule has 1 heterocycles. The maximum atomic E-state index is 12.5. The fraction of sp³-hybridized carbons (Fsp3) is 0.375. The van der Waals surface area contributed by atoms with Gasteiger partial charge in [0.15, 0.2) is 0 Å². The Morgan fingerprint density at radius 2 is 1.75 bits per heavy atom. The number of methoxy groups -OCH3 is 1. The van der Waals surface area contributed by atoms with Crippen LogP contribution in [0.1, 0.15) is 30.9 Å². The first kappa shape index (κ1) is 20.2. The van der Waals surface area contributed by atoms with Gasteiger partial charge in [0.1, 0.15) is 5.75 Å². The van der Waals surface area contributed by atoms with Crippen LogP contribution >= 0.6 is 0 Å². The number of hydrogen-bond donors (Lipinski definition) is 0. The van der Waals surface area contributed by atoms with Gasteiger partial charge in [-0.05, 0) is 55.0 Å². The highest BCUT2D eigenvalue weighted by Crippen LogP contribution is 2.25. The summed E-state index contributed by atoms with van der Waals surface area (Å²) in [5, 5.41) is 0. The molecule has 0 aromatic heterocycles. The van der Waals surface area contributed by atoms with Crippen molar-refractivity contribution in [3.05, 3.63) is 76.9 Å². The van der Waals surface area contributed by atoms with E-state index in [9.17, 15) is 4.79 Å². The third-order valence-electron chi connectivity index (χ3n) is 5.16. The van der Waals surface area contributed by atoms with Crippen LogP contribution in [0.2, 0.25) is 0 Å². The predicted molar refractivity (Wildman–Crippen MR) is 111 cm³/mol. The maximum Gasteiger partial charge on any atom is 0.334 e. The van der Waals surface area contributed by atoms with Gasteiger partial charge < -0.3 is 9.47 Å². The summed E-state index contributed by atoms with van der Waals surface area (Å²) >= 11 is 0. The zero-order valence-electron chi connectivity index (χ0n) is 16.8. The van der Waals surface area contributed by atoms with Gasteiger partial charge in [0.25, 0.3) is 0 Å². The monoisotopic (exact) mass is 379 g/mol. The first-order valence-electron chi connectivity index (χ1n) is 9.96. The molecule has 0 N–H and O–H groups in total. The third-order valence-corrected chi connectivity index (χ3v) is 5.16. The van der Waals surface area contributed by atoms with Crippen LogP contribution in [0.15, 0.2) is 65.7 Å². The Kier molecular flexibility index (Phi) is 7.26. The van der Waals surface area contributed by atoms with Gasteiger partial charge in [-0.2, -0.15) is 0 Å². The summed E-state index contributed by atoms with van der Waals surface area (Å²) in [4.78, 5) is 14.9. The highest BCUT2D eigenvalue weighted by atomic mass is 16.5. The highest BCUT2D eigenvalue weighted by molar-refractivity contribution is 5.89. The van der Waals surface area contributed by atoms with Crippen molar-refractivity contribution in [2.45, 2.75) is 32.7 Å². The van der Waals surface area contributed by atoms with Crippen molar-refractivity contribution in [2.24, 2.45) is 0 Å². The lowest BCUT2D eigenvalue weighted by Crippen LogP contribution is -2.33. The van der Waals surface area contributed by atoms with Crippen LogP contribution in [-0.2, 0) is 22.5 Å². The number of esters is 1. The molecule has 0 fully saturated rings. The van der Waals surface area contributed by atoms with Crippen molar-refractivity contribution in [3.63, 3.8) is 0 Å². The van der Waals surface area contributed by atoms with Crippen LogP contribution < -0.4 is 4.74 Å². The lowest BCUT2D eigenvalue weighted by molar-refractivity contribution is -0.138. The summed E-state index contributed by atoms with van der Waals surface area (Å²) in [6.45, 7) is 4.89. The molecule has 0 spiro atoms. The van der Waals surface area contributed by atoms with E-state index in [1.54, 1.807) is 7.11 Å². The van der Waals surface area contributed by atoms with Crippen molar-refractivity contribution in [1.29, 1.82) is 0 Å². The second-order valence-corrected chi connectivity index (χ2v) is 7.10. The predicted octanol–water partition coefficient (Wildman–Crippen LogP) is 4.39. The van der Waals surface area contributed by atoms with Gasteiger partial charge in [-0.3, -0.25) is 4.90 Å². The van der Waals surface area contributed by atoms with E-state index in [0.717, 1.165) is 50.2 Å². The van der Waals surface area contributed by atoms with Crippen molar-refractivity contribution in [2.75, 3.05) is 26.8 Å². The van der Waals surface area contributed by atoms with E-state index in [1.165, 1.54) is 16.7 Å². The minimum atomic E-state index is -0.147. The Morgan fingerprint density at radius 3 is 2.43 bits per heavy atom. The quantitative estimate of drug-likeness (QED) is 0.638. The van der Waals surface area contributed by atoms with E-state index in [4.69, 9.17) is 9.47 Å². The van der Waals surface area contributed by atoms with Gasteiger partial charge in [0.05, 0.1) is 13.7 Å². The SMILES string of the molecule is CCOC(=O)C1=C(CCc2ccc(OC)cc2)CN(Cc2ccccc2)CC1. The molecule has 3 rings (SSSR count). The minimum Gasteiger partial charge on any atom is -0.497 e. The lowest BCUT2D eigenvalue weighted by Gasteiger charge is -2.30. The van der Waals surface area contributed by atoms with Gasteiger partial charge in [-0.25, -0.2) is 4.79 Å². The highest BCUT2D eigenvalue weighted by Gasteiger charge is 2.24. The van der Waals surface area contributed by atoms with Crippen molar-refractivity contribution in [1.82, 2.24) is 4.90 Å². The molecule has 28 heavy (non-hydrogen) atoms.